The standard InChI is InChI=1S/C15H14.C8H10.2C7H8.C4H3F5.C4H8.C3H5F3.C3H8.C2H6.CH3F/c1-15(2)13-9-5-3-7-11(13)12-8-4-6-10-14(12)15;1-2-8-6-4-3-5-7-8;2*1-7-5-3-2-4-6-7;1-2(3(5)6)4(7,8)9;1-3-4-2;1-2-3(4,5)6;1-3-2;2*1-2/h3-10H,1-2H3;3-7H,2H2,1H3;2*2-6H,1H3;1H3;3-4H,1-2H3;2H2,1H3;3H2,1-2H3;1-2H3;1H3/b;;;;;4-3+;;;;. The van der Waals surface area contributed by atoms with Crippen molar-refractivity contribution in [3.8, 4) is 11.1 Å². The number of fused-ring (bicyclic) bond motifs is 3. The van der Waals surface area contributed by atoms with Crippen LogP contribution in [0.3, 0.4) is 0 Å². The Morgan fingerprint density at radius 3 is 0.968 bits per heavy atom. The topological polar surface area (TPSA) is 0 Å². The van der Waals surface area contributed by atoms with Gasteiger partial charge in [0, 0.05) is 11.8 Å². The highest BCUT2D eigenvalue weighted by Crippen LogP contribution is 2.48. The molecule has 0 saturated carbocycles. The lowest BCUT2D eigenvalue weighted by Crippen LogP contribution is -2.14. The zero-order valence-corrected chi connectivity index (χ0v) is 40.0. The van der Waals surface area contributed by atoms with Gasteiger partial charge in [-0.15, -0.1) is 0 Å². The Labute approximate surface area is 375 Å². The molecule has 0 N–H and O–H groups in total. The fourth-order valence-electron chi connectivity index (χ4n) is 4.56. The average Bonchev–Trinajstić information content (AvgIpc) is 3.52. The fourth-order valence-corrected chi connectivity index (χ4v) is 4.56. The summed E-state index contributed by atoms with van der Waals surface area (Å²) in [5.41, 5.74) is 8.08. The third kappa shape index (κ3) is 32.3. The summed E-state index contributed by atoms with van der Waals surface area (Å²) in [7, 11) is 0.500. The molecule has 5 aromatic carbocycles. The Morgan fingerprint density at radius 1 is 0.524 bits per heavy atom. The van der Waals surface area contributed by atoms with Crippen molar-refractivity contribution in [3.63, 3.8) is 0 Å². The van der Waals surface area contributed by atoms with Crippen LogP contribution in [0.15, 0.2) is 163 Å². The van der Waals surface area contributed by atoms with E-state index >= 15 is 0 Å². The first-order valence-corrected chi connectivity index (χ1v) is 21.1. The molecule has 9 heteroatoms. The summed E-state index contributed by atoms with van der Waals surface area (Å²) >= 11 is 0. The zero-order valence-electron chi connectivity index (χ0n) is 40.0. The Bertz CT molecular complexity index is 1730. The van der Waals surface area contributed by atoms with E-state index in [0.717, 1.165) is 13.3 Å². The first-order valence-electron chi connectivity index (χ1n) is 21.1. The van der Waals surface area contributed by atoms with Gasteiger partial charge in [-0.1, -0.05) is 225 Å². The maximum absolute atomic E-state index is 11.2. The van der Waals surface area contributed by atoms with Crippen molar-refractivity contribution < 1.29 is 39.5 Å². The normalized spacial score (nSPS) is 10.7. The highest BCUT2D eigenvalue weighted by Gasteiger charge is 2.35. The second-order valence-electron chi connectivity index (χ2n) is 13.6. The second-order valence-corrected chi connectivity index (χ2v) is 13.6. The highest BCUT2D eigenvalue weighted by atomic mass is 19.4. The van der Waals surface area contributed by atoms with Crippen LogP contribution >= 0.6 is 0 Å². The van der Waals surface area contributed by atoms with Gasteiger partial charge in [0.25, 0.3) is 6.08 Å². The third-order valence-electron chi connectivity index (χ3n) is 8.07. The molecular weight excluding hydrogens is 820 g/mol. The van der Waals surface area contributed by atoms with Gasteiger partial charge >= 0.3 is 12.4 Å². The van der Waals surface area contributed by atoms with Crippen LogP contribution in [-0.4, -0.2) is 19.5 Å². The molecule has 0 aliphatic heterocycles. The Hall–Kier alpha value is -5.05. The van der Waals surface area contributed by atoms with Gasteiger partial charge in [-0.2, -0.15) is 35.1 Å². The minimum atomic E-state index is -4.89. The fraction of sp³-hybridized carbons (Fsp3) is 0.370. The van der Waals surface area contributed by atoms with E-state index in [4.69, 9.17) is 0 Å². The van der Waals surface area contributed by atoms with Gasteiger partial charge in [0.2, 0.25) is 0 Å². The van der Waals surface area contributed by atoms with E-state index in [2.05, 4.69) is 146 Å². The zero-order chi connectivity index (χ0) is 49.5. The van der Waals surface area contributed by atoms with Gasteiger partial charge in [0.1, 0.15) is 0 Å². The Kier molecular flexibility index (Phi) is 39.6. The summed E-state index contributed by atoms with van der Waals surface area (Å²) in [5.74, 6) is 0. The molecule has 0 unspecified atom stereocenters. The van der Waals surface area contributed by atoms with Gasteiger partial charge in [-0.25, -0.2) is 0 Å². The maximum Gasteiger partial charge on any atom is 0.417 e. The highest BCUT2D eigenvalue weighted by molar-refractivity contribution is 5.80. The molecule has 0 amide bonds. The number of halogens is 9. The van der Waals surface area contributed by atoms with E-state index < -0.39 is 30.4 Å². The first kappa shape index (κ1) is 64.6. The SMILES string of the molecule is C/C=C/C.CC.CC(=C(F)F)C(F)(F)F.CC1(C)c2ccccc2-c2ccccc21.CCC.CCC(F)(F)F.CCc1ccccc1.CF.Cc1ccccc1.Cc1ccccc1. The van der Waals surface area contributed by atoms with Crippen LogP contribution in [0.1, 0.15) is 117 Å². The van der Waals surface area contributed by atoms with Crippen LogP contribution in [0.2, 0.25) is 0 Å². The molecule has 0 fully saturated rings. The lowest BCUT2D eigenvalue weighted by atomic mass is 9.82. The minimum Gasteiger partial charge on any atom is -0.255 e. The number of hydrogen-bond donors (Lipinski definition) is 0. The molecular formula is C54H73F9. The summed E-state index contributed by atoms with van der Waals surface area (Å²) < 4.78 is 97.5. The molecule has 0 atom stereocenters. The third-order valence-corrected chi connectivity index (χ3v) is 8.07. The molecule has 0 heterocycles. The lowest BCUT2D eigenvalue weighted by Gasteiger charge is -2.20. The second kappa shape index (κ2) is 38.6. The monoisotopic (exact) mass is 893 g/mol. The summed E-state index contributed by atoms with van der Waals surface area (Å²) in [6.45, 7) is 24.6. The van der Waals surface area contributed by atoms with Crippen LogP contribution < -0.4 is 0 Å². The minimum absolute atomic E-state index is 0.160. The molecule has 0 radical (unpaired) electrons. The van der Waals surface area contributed by atoms with Crippen molar-refractivity contribution in [2.24, 2.45) is 0 Å². The summed E-state index contributed by atoms with van der Waals surface area (Å²) in [4.78, 5) is 0. The van der Waals surface area contributed by atoms with Gasteiger partial charge < -0.3 is 0 Å². The van der Waals surface area contributed by atoms with Crippen LogP contribution in [0.25, 0.3) is 11.1 Å². The quantitative estimate of drug-likeness (QED) is 0.116. The van der Waals surface area contributed by atoms with Crippen molar-refractivity contribution in [2.75, 3.05) is 7.18 Å². The molecule has 1 aliphatic carbocycles. The largest absolute Gasteiger partial charge is 0.417 e. The predicted molar refractivity (Wildman–Crippen MR) is 254 cm³/mol. The van der Waals surface area contributed by atoms with Crippen molar-refractivity contribution in [2.45, 2.75) is 127 Å². The van der Waals surface area contributed by atoms with Gasteiger partial charge in [-0.3, -0.25) is 4.39 Å². The molecule has 0 bridgehead atoms. The van der Waals surface area contributed by atoms with Crippen LogP contribution in [0.5, 0.6) is 0 Å². The summed E-state index contributed by atoms with van der Waals surface area (Å²) in [6, 6.07) is 48.4. The molecule has 352 valence electrons. The Morgan fingerprint density at radius 2 is 0.794 bits per heavy atom. The maximum atomic E-state index is 11.2. The molecule has 0 nitrogen and oxygen atoms in total. The van der Waals surface area contributed by atoms with Crippen molar-refractivity contribution >= 4 is 0 Å². The summed E-state index contributed by atoms with van der Waals surface area (Å²) in [5, 5.41) is 0. The molecule has 6 rings (SSSR count). The van der Waals surface area contributed by atoms with Gasteiger partial charge in [0.05, 0.1) is 12.8 Å². The Balaban J connectivity index is -0.000000325. The van der Waals surface area contributed by atoms with E-state index in [1.54, 1.807) is 0 Å². The van der Waals surface area contributed by atoms with Crippen molar-refractivity contribution in [1.29, 1.82) is 0 Å². The number of hydrogen-bond acceptors (Lipinski definition) is 0. The predicted octanol–water partition coefficient (Wildman–Crippen LogP) is 19.5. The molecule has 0 aromatic heterocycles. The van der Waals surface area contributed by atoms with E-state index in [9.17, 15) is 39.5 Å². The lowest BCUT2D eigenvalue weighted by molar-refractivity contribution is -0.130. The van der Waals surface area contributed by atoms with E-state index in [1.807, 2.05) is 82.3 Å². The van der Waals surface area contributed by atoms with Crippen LogP contribution in [0, 0.1) is 13.8 Å². The van der Waals surface area contributed by atoms with Crippen LogP contribution in [-0.2, 0) is 11.8 Å². The molecule has 1 aliphatic rings. The molecule has 0 spiro atoms. The molecule has 63 heavy (non-hydrogen) atoms. The van der Waals surface area contributed by atoms with Crippen molar-refractivity contribution in [3.05, 3.63) is 191 Å². The van der Waals surface area contributed by atoms with Crippen molar-refractivity contribution in [1.82, 2.24) is 0 Å². The van der Waals surface area contributed by atoms with E-state index in [-0.39, 0.29) is 5.41 Å². The number of aryl methyl sites for hydroxylation is 3. The number of rotatable bonds is 1. The first-order chi connectivity index (χ1) is 29.7. The van der Waals surface area contributed by atoms with Gasteiger partial charge in [-0.05, 0) is 68.9 Å². The van der Waals surface area contributed by atoms with Gasteiger partial charge in [0.15, 0.2) is 0 Å². The smallest absolute Gasteiger partial charge is 0.255 e. The number of benzene rings is 5. The molecule has 0 saturated heterocycles. The molecule has 5 aromatic rings. The van der Waals surface area contributed by atoms with Crippen LogP contribution in [0.4, 0.5) is 39.5 Å². The van der Waals surface area contributed by atoms with E-state index in [0.29, 0.717) is 14.1 Å². The number of allylic oxidation sites excluding steroid dienone is 3. The number of alkyl halides is 7. The average molecular weight is 893 g/mol. The summed E-state index contributed by atoms with van der Waals surface area (Å²) in [6.07, 6.45) is -5.87. The van der Waals surface area contributed by atoms with E-state index in [1.165, 1.54) is 45.4 Å².